The van der Waals surface area contributed by atoms with Gasteiger partial charge in [0, 0.05) is 43.4 Å². The number of hydrogen-bond donors (Lipinski definition) is 1. The number of halogens is 1. The third kappa shape index (κ3) is 6.35. The molecule has 3 rings (SSSR count). The summed E-state index contributed by atoms with van der Waals surface area (Å²) >= 11 is 6.10. The van der Waals surface area contributed by atoms with Gasteiger partial charge >= 0.3 is 0 Å². The Morgan fingerprint density at radius 2 is 1.96 bits per heavy atom. The van der Waals surface area contributed by atoms with Crippen LogP contribution < -0.4 is 4.90 Å². The Labute approximate surface area is 169 Å². The highest BCUT2D eigenvalue weighted by Crippen LogP contribution is 2.39. The van der Waals surface area contributed by atoms with E-state index in [1.54, 1.807) is 0 Å². The van der Waals surface area contributed by atoms with E-state index in [0.29, 0.717) is 24.5 Å². The van der Waals surface area contributed by atoms with Gasteiger partial charge in [-0.25, -0.2) is 0 Å². The molecule has 2 aliphatic rings. The lowest BCUT2D eigenvalue weighted by Gasteiger charge is -2.39. The van der Waals surface area contributed by atoms with Crippen molar-refractivity contribution in [2.24, 2.45) is 11.3 Å². The van der Waals surface area contributed by atoms with Crippen LogP contribution in [0.25, 0.3) is 0 Å². The third-order valence-corrected chi connectivity index (χ3v) is 6.12. The zero-order chi connectivity index (χ0) is 19.4. The number of aliphatic hydroxyl groups excluding tert-OH is 1. The quantitative estimate of drug-likeness (QED) is 0.789. The molecule has 4 nitrogen and oxygen atoms in total. The molecule has 1 aliphatic heterocycles. The molecule has 1 aromatic carbocycles. The zero-order valence-electron chi connectivity index (χ0n) is 17.0. The molecule has 1 saturated heterocycles. The predicted octanol–water partition coefficient (Wildman–Crippen LogP) is 4.05. The normalized spacial score (nSPS) is 27.5. The van der Waals surface area contributed by atoms with Gasteiger partial charge < -0.3 is 14.7 Å². The minimum Gasteiger partial charge on any atom is -0.389 e. The van der Waals surface area contributed by atoms with Gasteiger partial charge in [-0.05, 0) is 48.8 Å². The minimum atomic E-state index is -0.414. The molecule has 27 heavy (non-hydrogen) atoms. The van der Waals surface area contributed by atoms with E-state index in [-0.39, 0.29) is 6.10 Å². The molecule has 0 radical (unpaired) electrons. The number of benzene rings is 1. The van der Waals surface area contributed by atoms with E-state index in [1.165, 1.54) is 12.1 Å². The van der Waals surface area contributed by atoms with E-state index >= 15 is 0 Å². The molecule has 5 heteroatoms. The van der Waals surface area contributed by atoms with Gasteiger partial charge in [-0.2, -0.15) is 0 Å². The van der Waals surface area contributed by atoms with E-state index in [4.69, 9.17) is 16.3 Å². The van der Waals surface area contributed by atoms with E-state index in [0.717, 1.165) is 44.0 Å². The van der Waals surface area contributed by atoms with Crippen LogP contribution in [0.15, 0.2) is 24.3 Å². The maximum atomic E-state index is 10.4. The van der Waals surface area contributed by atoms with Gasteiger partial charge in [0.15, 0.2) is 0 Å². The highest BCUT2D eigenvalue weighted by atomic mass is 35.5. The van der Waals surface area contributed by atoms with Gasteiger partial charge in [0.2, 0.25) is 0 Å². The van der Waals surface area contributed by atoms with Crippen LogP contribution in [-0.4, -0.2) is 61.5 Å². The first-order valence-corrected chi connectivity index (χ1v) is 10.7. The summed E-state index contributed by atoms with van der Waals surface area (Å²) in [6.07, 6.45) is 3.37. The van der Waals surface area contributed by atoms with Crippen LogP contribution in [0, 0.1) is 11.3 Å². The van der Waals surface area contributed by atoms with Crippen molar-refractivity contribution in [3.05, 3.63) is 29.3 Å². The fourth-order valence-electron chi connectivity index (χ4n) is 4.84. The summed E-state index contributed by atoms with van der Waals surface area (Å²) in [5.74, 6) is 0.704. The Balaban J connectivity index is 1.39. The molecule has 1 aromatic rings. The number of β-amino-alcohol motifs (C(OH)–C–C–N with tert-alkyl or cyclic N) is 1. The standard InChI is InChI=1S/C22H35ClN2O2/c1-17-11-21(14-22(2,3)13-17)27-16-20(26)15-24-7-9-25(10-8-24)19-6-4-5-18(23)12-19/h4-6,12,17,20-21,26H,7-11,13-16H2,1-3H3. The summed E-state index contributed by atoms with van der Waals surface area (Å²) < 4.78 is 6.09. The number of hydrogen-bond acceptors (Lipinski definition) is 4. The highest BCUT2D eigenvalue weighted by molar-refractivity contribution is 6.30. The lowest BCUT2D eigenvalue weighted by atomic mass is 9.71. The van der Waals surface area contributed by atoms with Crippen molar-refractivity contribution >= 4 is 17.3 Å². The average Bonchev–Trinajstić information content (AvgIpc) is 2.59. The molecule has 152 valence electrons. The second-order valence-electron chi connectivity index (χ2n) is 9.29. The predicted molar refractivity (Wildman–Crippen MR) is 113 cm³/mol. The summed E-state index contributed by atoms with van der Waals surface area (Å²) in [6, 6.07) is 8.04. The minimum absolute atomic E-state index is 0.290. The van der Waals surface area contributed by atoms with Crippen molar-refractivity contribution in [3.63, 3.8) is 0 Å². The Bertz CT molecular complexity index is 602. The summed E-state index contributed by atoms with van der Waals surface area (Å²) in [7, 11) is 0. The SMILES string of the molecule is CC1CC(OCC(O)CN2CCN(c3cccc(Cl)c3)CC2)CC(C)(C)C1. The first-order valence-electron chi connectivity index (χ1n) is 10.3. The molecule has 0 amide bonds. The smallest absolute Gasteiger partial charge is 0.0900 e. The molecule has 1 saturated carbocycles. The van der Waals surface area contributed by atoms with Crippen LogP contribution in [-0.2, 0) is 4.74 Å². The monoisotopic (exact) mass is 394 g/mol. The molecule has 0 spiro atoms. The van der Waals surface area contributed by atoms with Crippen molar-refractivity contribution in [1.29, 1.82) is 0 Å². The molecular formula is C22H35ClN2O2. The fourth-order valence-corrected chi connectivity index (χ4v) is 5.03. The first kappa shape index (κ1) is 20.9. The lowest BCUT2D eigenvalue weighted by Crippen LogP contribution is -2.49. The molecule has 1 N–H and O–H groups in total. The second kappa shape index (κ2) is 9.13. The topological polar surface area (TPSA) is 35.9 Å². The van der Waals surface area contributed by atoms with E-state index in [2.05, 4.69) is 36.6 Å². The van der Waals surface area contributed by atoms with Crippen molar-refractivity contribution in [1.82, 2.24) is 4.90 Å². The zero-order valence-corrected chi connectivity index (χ0v) is 17.8. The molecule has 2 fully saturated rings. The molecule has 1 aliphatic carbocycles. The number of aliphatic hydroxyl groups is 1. The molecule has 3 unspecified atom stereocenters. The van der Waals surface area contributed by atoms with Gasteiger partial charge in [0.1, 0.15) is 0 Å². The Morgan fingerprint density at radius 1 is 1.22 bits per heavy atom. The number of rotatable bonds is 6. The summed E-state index contributed by atoms with van der Waals surface area (Å²) in [6.45, 7) is 11.9. The van der Waals surface area contributed by atoms with Crippen LogP contribution >= 0.6 is 11.6 Å². The van der Waals surface area contributed by atoms with Gasteiger partial charge in [0.25, 0.3) is 0 Å². The van der Waals surface area contributed by atoms with Gasteiger partial charge in [-0.3, -0.25) is 4.90 Å². The highest BCUT2D eigenvalue weighted by Gasteiger charge is 2.32. The summed E-state index contributed by atoms with van der Waals surface area (Å²) in [4.78, 5) is 4.69. The second-order valence-corrected chi connectivity index (χ2v) is 9.73. The van der Waals surface area contributed by atoms with Crippen LogP contribution in [0.1, 0.15) is 40.0 Å². The van der Waals surface area contributed by atoms with Crippen LogP contribution in [0.3, 0.4) is 0 Å². The van der Waals surface area contributed by atoms with E-state index in [9.17, 15) is 5.11 Å². The number of nitrogens with zero attached hydrogens (tertiary/aromatic N) is 2. The Kier molecular flexibility index (Phi) is 7.07. The number of anilines is 1. The van der Waals surface area contributed by atoms with Crippen LogP contribution in [0.4, 0.5) is 5.69 Å². The van der Waals surface area contributed by atoms with Gasteiger partial charge in [-0.15, -0.1) is 0 Å². The largest absolute Gasteiger partial charge is 0.389 e. The molecule has 3 atom stereocenters. The molecule has 0 bridgehead atoms. The van der Waals surface area contributed by atoms with Gasteiger partial charge in [-0.1, -0.05) is 38.4 Å². The molecule has 1 heterocycles. The van der Waals surface area contributed by atoms with Crippen molar-refractivity contribution < 1.29 is 9.84 Å². The number of ether oxygens (including phenoxy) is 1. The first-order chi connectivity index (χ1) is 12.8. The maximum Gasteiger partial charge on any atom is 0.0900 e. The van der Waals surface area contributed by atoms with Crippen molar-refractivity contribution in [3.8, 4) is 0 Å². The Hall–Kier alpha value is -0.810. The summed E-state index contributed by atoms with van der Waals surface area (Å²) in [5, 5.41) is 11.2. The average molecular weight is 395 g/mol. The van der Waals surface area contributed by atoms with Crippen molar-refractivity contribution in [2.75, 3.05) is 44.2 Å². The van der Waals surface area contributed by atoms with Crippen LogP contribution in [0.5, 0.6) is 0 Å². The van der Waals surface area contributed by atoms with E-state index in [1.807, 2.05) is 18.2 Å². The lowest BCUT2D eigenvalue weighted by molar-refractivity contribution is -0.0615. The Morgan fingerprint density at radius 3 is 2.63 bits per heavy atom. The van der Waals surface area contributed by atoms with Crippen LogP contribution in [0.2, 0.25) is 5.02 Å². The molecular weight excluding hydrogens is 360 g/mol. The van der Waals surface area contributed by atoms with E-state index < -0.39 is 6.10 Å². The maximum absolute atomic E-state index is 10.4. The fraction of sp³-hybridized carbons (Fsp3) is 0.727. The molecule has 0 aromatic heterocycles. The number of piperazine rings is 1. The van der Waals surface area contributed by atoms with Gasteiger partial charge in [0.05, 0.1) is 18.8 Å². The summed E-state index contributed by atoms with van der Waals surface area (Å²) in [5.41, 5.74) is 1.53. The third-order valence-electron chi connectivity index (χ3n) is 5.89. The van der Waals surface area contributed by atoms with Crippen molar-refractivity contribution in [2.45, 2.75) is 52.2 Å².